The Labute approximate surface area is 116 Å². The van der Waals surface area contributed by atoms with Crippen molar-refractivity contribution in [1.29, 1.82) is 0 Å². The summed E-state index contributed by atoms with van der Waals surface area (Å²) < 4.78 is 0. The SMILES string of the molecule is NC(=O)c1ccc(NC(=O)CN2CCNC(=O)C2)cc1. The average Bonchev–Trinajstić information content (AvgIpc) is 2.39. The van der Waals surface area contributed by atoms with Gasteiger partial charge in [0.1, 0.15) is 0 Å². The predicted molar refractivity (Wildman–Crippen MR) is 73.0 cm³/mol. The van der Waals surface area contributed by atoms with E-state index in [0.29, 0.717) is 24.3 Å². The second kappa shape index (κ2) is 6.16. The molecule has 0 aliphatic carbocycles. The van der Waals surface area contributed by atoms with Crippen LogP contribution in [0.25, 0.3) is 0 Å². The molecule has 0 atom stereocenters. The lowest BCUT2D eigenvalue weighted by molar-refractivity contribution is -0.125. The summed E-state index contributed by atoms with van der Waals surface area (Å²) in [6, 6.07) is 6.32. The van der Waals surface area contributed by atoms with Crippen LogP contribution in [0.5, 0.6) is 0 Å². The monoisotopic (exact) mass is 276 g/mol. The maximum Gasteiger partial charge on any atom is 0.248 e. The third-order valence-electron chi connectivity index (χ3n) is 2.94. The van der Waals surface area contributed by atoms with Crippen molar-refractivity contribution in [3.63, 3.8) is 0 Å². The van der Waals surface area contributed by atoms with Crippen LogP contribution in [0.1, 0.15) is 10.4 Å². The van der Waals surface area contributed by atoms with Gasteiger partial charge >= 0.3 is 0 Å². The predicted octanol–water partition coefficient (Wildman–Crippen LogP) is -0.844. The van der Waals surface area contributed by atoms with E-state index in [1.807, 2.05) is 0 Å². The first-order chi connectivity index (χ1) is 9.54. The summed E-state index contributed by atoms with van der Waals surface area (Å²) in [5, 5.41) is 5.40. The fourth-order valence-electron chi connectivity index (χ4n) is 1.95. The number of nitrogens with two attached hydrogens (primary N) is 1. The third-order valence-corrected chi connectivity index (χ3v) is 2.94. The molecule has 1 aromatic carbocycles. The van der Waals surface area contributed by atoms with Crippen LogP contribution in [0.2, 0.25) is 0 Å². The van der Waals surface area contributed by atoms with Crippen LogP contribution >= 0.6 is 0 Å². The van der Waals surface area contributed by atoms with Gasteiger partial charge in [0.15, 0.2) is 0 Å². The molecule has 20 heavy (non-hydrogen) atoms. The fourth-order valence-corrected chi connectivity index (χ4v) is 1.95. The molecule has 4 N–H and O–H groups in total. The number of amides is 3. The highest BCUT2D eigenvalue weighted by Crippen LogP contribution is 2.09. The number of carbonyl (C=O) groups excluding carboxylic acids is 3. The minimum atomic E-state index is -0.512. The van der Waals surface area contributed by atoms with E-state index in [9.17, 15) is 14.4 Å². The first-order valence-electron chi connectivity index (χ1n) is 6.23. The first kappa shape index (κ1) is 14.0. The Hall–Kier alpha value is -2.41. The van der Waals surface area contributed by atoms with E-state index in [0.717, 1.165) is 0 Å². The third kappa shape index (κ3) is 3.79. The molecule has 0 radical (unpaired) electrons. The van der Waals surface area contributed by atoms with Crippen molar-refractivity contribution in [3.05, 3.63) is 29.8 Å². The quantitative estimate of drug-likeness (QED) is 0.666. The van der Waals surface area contributed by atoms with Crippen molar-refractivity contribution < 1.29 is 14.4 Å². The molecule has 3 amide bonds. The van der Waals surface area contributed by atoms with Gasteiger partial charge in [-0.15, -0.1) is 0 Å². The molecular formula is C13H16N4O3. The average molecular weight is 276 g/mol. The molecule has 1 fully saturated rings. The van der Waals surface area contributed by atoms with E-state index in [1.165, 1.54) is 0 Å². The smallest absolute Gasteiger partial charge is 0.248 e. The van der Waals surface area contributed by atoms with E-state index in [1.54, 1.807) is 29.2 Å². The number of hydrogen-bond donors (Lipinski definition) is 3. The van der Waals surface area contributed by atoms with Gasteiger partial charge in [-0.1, -0.05) is 0 Å². The summed E-state index contributed by atoms with van der Waals surface area (Å²) in [6.45, 7) is 1.60. The Morgan fingerprint density at radius 3 is 2.60 bits per heavy atom. The Kier molecular flexibility index (Phi) is 4.31. The maximum atomic E-state index is 11.8. The Morgan fingerprint density at radius 2 is 2.00 bits per heavy atom. The topological polar surface area (TPSA) is 105 Å². The van der Waals surface area contributed by atoms with Gasteiger partial charge in [0, 0.05) is 24.3 Å². The minimum Gasteiger partial charge on any atom is -0.366 e. The lowest BCUT2D eigenvalue weighted by Gasteiger charge is -2.25. The van der Waals surface area contributed by atoms with Gasteiger partial charge in [0.2, 0.25) is 17.7 Å². The molecule has 0 bridgehead atoms. The number of carbonyl (C=O) groups is 3. The number of primary amides is 1. The van der Waals surface area contributed by atoms with E-state index >= 15 is 0 Å². The molecule has 0 unspecified atom stereocenters. The summed E-state index contributed by atoms with van der Waals surface area (Å²) in [6.07, 6.45) is 0. The van der Waals surface area contributed by atoms with Gasteiger partial charge in [0.05, 0.1) is 13.1 Å². The van der Waals surface area contributed by atoms with Gasteiger partial charge < -0.3 is 16.4 Å². The van der Waals surface area contributed by atoms with E-state index in [2.05, 4.69) is 10.6 Å². The van der Waals surface area contributed by atoms with Crippen molar-refractivity contribution in [3.8, 4) is 0 Å². The normalized spacial score (nSPS) is 15.5. The van der Waals surface area contributed by atoms with Crippen LogP contribution in [0, 0.1) is 0 Å². The molecule has 1 aromatic rings. The highest BCUT2D eigenvalue weighted by molar-refractivity contribution is 5.95. The molecule has 106 valence electrons. The molecule has 1 aliphatic rings. The fraction of sp³-hybridized carbons (Fsp3) is 0.308. The highest BCUT2D eigenvalue weighted by atomic mass is 16.2. The zero-order valence-electron chi connectivity index (χ0n) is 10.9. The molecule has 7 nitrogen and oxygen atoms in total. The van der Waals surface area contributed by atoms with Crippen LogP contribution in [-0.4, -0.2) is 48.8 Å². The highest BCUT2D eigenvalue weighted by Gasteiger charge is 2.18. The van der Waals surface area contributed by atoms with Gasteiger partial charge in [-0.2, -0.15) is 0 Å². The Balaban J connectivity index is 1.87. The zero-order valence-corrected chi connectivity index (χ0v) is 10.9. The van der Waals surface area contributed by atoms with E-state index in [-0.39, 0.29) is 24.9 Å². The molecule has 2 rings (SSSR count). The van der Waals surface area contributed by atoms with Crippen LogP contribution in [0.3, 0.4) is 0 Å². The number of benzene rings is 1. The number of rotatable bonds is 4. The van der Waals surface area contributed by atoms with Crippen LogP contribution < -0.4 is 16.4 Å². The van der Waals surface area contributed by atoms with E-state index in [4.69, 9.17) is 5.73 Å². The lowest BCUT2D eigenvalue weighted by Crippen LogP contribution is -2.49. The first-order valence-corrected chi connectivity index (χ1v) is 6.23. The molecule has 0 aromatic heterocycles. The summed E-state index contributed by atoms with van der Waals surface area (Å²) in [5.74, 6) is -0.788. The Morgan fingerprint density at radius 1 is 1.30 bits per heavy atom. The molecule has 7 heteroatoms. The summed E-state index contributed by atoms with van der Waals surface area (Å²) >= 11 is 0. The Bertz CT molecular complexity index is 527. The van der Waals surface area contributed by atoms with Crippen molar-refractivity contribution in [2.75, 3.05) is 31.5 Å². The van der Waals surface area contributed by atoms with E-state index < -0.39 is 5.91 Å². The second-order valence-electron chi connectivity index (χ2n) is 4.55. The molecule has 1 heterocycles. The van der Waals surface area contributed by atoms with Crippen LogP contribution in [-0.2, 0) is 9.59 Å². The number of piperazine rings is 1. The van der Waals surface area contributed by atoms with Crippen LogP contribution in [0.15, 0.2) is 24.3 Å². The molecular weight excluding hydrogens is 260 g/mol. The molecule has 0 saturated carbocycles. The molecule has 1 saturated heterocycles. The standard InChI is InChI=1S/C13H16N4O3/c14-13(20)9-1-3-10(4-2-9)16-12(19)8-17-6-5-15-11(18)7-17/h1-4H,5-8H2,(H2,14,20)(H,15,18)(H,16,19). The van der Waals surface area contributed by atoms with Gasteiger partial charge in [-0.3, -0.25) is 19.3 Å². The van der Waals surface area contributed by atoms with Crippen molar-refractivity contribution >= 4 is 23.4 Å². The number of nitrogens with one attached hydrogen (secondary N) is 2. The second-order valence-corrected chi connectivity index (χ2v) is 4.55. The summed E-state index contributed by atoms with van der Waals surface area (Å²) in [7, 11) is 0. The molecule has 0 spiro atoms. The summed E-state index contributed by atoms with van der Waals surface area (Å²) in [5.41, 5.74) is 6.10. The zero-order chi connectivity index (χ0) is 14.5. The van der Waals surface area contributed by atoms with Crippen LogP contribution in [0.4, 0.5) is 5.69 Å². The largest absolute Gasteiger partial charge is 0.366 e. The summed E-state index contributed by atoms with van der Waals surface area (Å²) in [4.78, 5) is 35.7. The maximum absolute atomic E-state index is 11.8. The number of hydrogen-bond acceptors (Lipinski definition) is 4. The van der Waals surface area contributed by atoms with Gasteiger partial charge in [-0.25, -0.2) is 0 Å². The van der Waals surface area contributed by atoms with Gasteiger partial charge in [0.25, 0.3) is 0 Å². The van der Waals surface area contributed by atoms with Crippen molar-refractivity contribution in [2.24, 2.45) is 5.73 Å². The lowest BCUT2D eigenvalue weighted by atomic mass is 10.2. The number of anilines is 1. The van der Waals surface area contributed by atoms with Crippen molar-refractivity contribution in [1.82, 2.24) is 10.2 Å². The number of nitrogens with zero attached hydrogens (tertiary/aromatic N) is 1. The van der Waals surface area contributed by atoms with Crippen molar-refractivity contribution in [2.45, 2.75) is 0 Å². The minimum absolute atomic E-state index is 0.0742. The van der Waals surface area contributed by atoms with Gasteiger partial charge in [-0.05, 0) is 24.3 Å². The molecule has 1 aliphatic heterocycles.